The van der Waals surface area contributed by atoms with Crippen molar-refractivity contribution in [3.8, 4) is 6.07 Å². The van der Waals surface area contributed by atoms with Crippen LogP contribution in [0.5, 0.6) is 0 Å². The maximum Gasteiger partial charge on any atom is 0.255 e. The van der Waals surface area contributed by atoms with Crippen LogP contribution in [0, 0.1) is 17.2 Å². The number of amides is 1. The third-order valence-electron chi connectivity index (χ3n) is 3.83. The second kappa shape index (κ2) is 6.16. The van der Waals surface area contributed by atoms with Crippen LogP contribution in [0.4, 0.5) is 14.6 Å². The summed E-state index contributed by atoms with van der Waals surface area (Å²) >= 11 is 0. The lowest BCUT2D eigenvalue weighted by atomic mass is 9.98. The summed E-state index contributed by atoms with van der Waals surface area (Å²) in [5.41, 5.74) is 1.24. The van der Waals surface area contributed by atoms with Gasteiger partial charge in [0, 0.05) is 18.5 Å². The van der Waals surface area contributed by atoms with E-state index in [-0.39, 0.29) is 11.8 Å². The highest BCUT2D eigenvalue weighted by Crippen LogP contribution is 2.27. The fraction of sp³-hybridized carbons (Fsp3) is 0.312. The number of para-hydroxylation sites is 1. The van der Waals surface area contributed by atoms with Crippen molar-refractivity contribution in [1.82, 2.24) is 10.3 Å². The molecule has 1 aromatic heterocycles. The molecule has 0 spiro atoms. The molecular weight excluding hydrogens is 302 g/mol. The number of aromatic nitrogens is 1. The molecule has 1 aliphatic rings. The molecular formula is C16H14F2N4O. The summed E-state index contributed by atoms with van der Waals surface area (Å²) in [5, 5.41) is 12.3. The number of halogens is 2. The predicted molar refractivity (Wildman–Crippen MR) is 81.2 cm³/mol. The maximum absolute atomic E-state index is 12.1. The van der Waals surface area contributed by atoms with Gasteiger partial charge in [0.05, 0.1) is 29.6 Å². The van der Waals surface area contributed by atoms with Gasteiger partial charge in [-0.25, -0.2) is 13.8 Å². The average Bonchev–Trinajstić information content (AvgIpc) is 2.50. The number of carbonyl (C=O) groups excluding carboxylic acids is 1. The second-order valence-corrected chi connectivity index (χ2v) is 5.40. The third kappa shape index (κ3) is 3.06. The molecule has 0 bridgehead atoms. The molecule has 23 heavy (non-hydrogen) atoms. The first kappa shape index (κ1) is 15.2. The Bertz CT molecular complexity index is 781. The van der Waals surface area contributed by atoms with E-state index >= 15 is 0 Å². The van der Waals surface area contributed by atoms with Crippen LogP contribution in [0.3, 0.4) is 0 Å². The van der Waals surface area contributed by atoms with Gasteiger partial charge >= 0.3 is 0 Å². The largest absolute Gasteiger partial charge is 0.355 e. The summed E-state index contributed by atoms with van der Waals surface area (Å²) in [4.78, 5) is 18.1. The van der Waals surface area contributed by atoms with Gasteiger partial charge in [-0.1, -0.05) is 18.2 Å². The molecule has 118 valence electrons. The molecule has 1 N–H and O–H groups in total. The summed E-state index contributed by atoms with van der Waals surface area (Å²) in [7, 11) is 0. The second-order valence-electron chi connectivity index (χ2n) is 5.40. The van der Waals surface area contributed by atoms with Gasteiger partial charge in [-0.3, -0.25) is 4.79 Å². The Balaban J connectivity index is 1.72. The van der Waals surface area contributed by atoms with Crippen molar-refractivity contribution < 1.29 is 13.6 Å². The van der Waals surface area contributed by atoms with Gasteiger partial charge in [0.1, 0.15) is 5.82 Å². The van der Waals surface area contributed by atoms with E-state index in [1.807, 2.05) is 29.2 Å². The fourth-order valence-corrected chi connectivity index (χ4v) is 2.57. The number of anilines is 1. The molecule has 3 rings (SSSR count). The molecule has 0 saturated carbocycles. The quantitative estimate of drug-likeness (QED) is 0.936. The van der Waals surface area contributed by atoms with Crippen molar-refractivity contribution in [2.45, 2.75) is 6.43 Å². The number of nitriles is 1. The number of benzene rings is 1. The number of alkyl halides is 2. The van der Waals surface area contributed by atoms with Gasteiger partial charge in [-0.05, 0) is 12.1 Å². The summed E-state index contributed by atoms with van der Waals surface area (Å²) in [5.74, 6) is -0.0754. The van der Waals surface area contributed by atoms with Gasteiger partial charge in [-0.2, -0.15) is 5.26 Å². The molecule has 1 aliphatic heterocycles. The van der Waals surface area contributed by atoms with E-state index in [1.54, 1.807) is 6.07 Å². The molecule has 0 radical (unpaired) electrons. The predicted octanol–water partition coefficient (Wildman–Crippen LogP) is 1.92. The normalized spacial score (nSPS) is 14.6. The van der Waals surface area contributed by atoms with Crippen LogP contribution in [0.1, 0.15) is 5.56 Å². The van der Waals surface area contributed by atoms with Crippen LogP contribution in [0.2, 0.25) is 0 Å². The Kier molecular flexibility index (Phi) is 4.06. The van der Waals surface area contributed by atoms with Crippen LogP contribution in [-0.4, -0.2) is 37.0 Å². The lowest BCUT2D eigenvalue weighted by molar-refractivity contribution is -0.126. The molecule has 1 fully saturated rings. The zero-order chi connectivity index (χ0) is 16.4. The molecule has 0 atom stereocenters. The van der Waals surface area contributed by atoms with Gasteiger partial charge < -0.3 is 10.2 Å². The van der Waals surface area contributed by atoms with E-state index < -0.39 is 13.0 Å². The number of hydrogen-bond acceptors (Lipinski definition) is 4. The zero-order valence-electron chi connectivity index (χ0n) is 12.2. The summed E-state index contributed by atoms with van der Waals surface area (Å²) in [6.07, 6.45) is -2.55. The van der Waals surface area contributed by atoms with Crippen molar-refractivity contribution in [2.24, 2.45) is 5.92 Å². The van der Waals surface area contributed by atoms with Crippen molar-refractivity contribution in [3.63, 3.8) is 0 Å². The number of nitrogens with one attached hydrogen (secondary N) is 1. The Morgan fingerprint density at radius 2 is 2.17 bits per heavy atom. The average molecular weight is 316 g/mol. The third-order valence-corrected chi connectivity index (χ3v) is 3.83. The number of rotatable bonds is 4. The van der Waals surface area contributed by atoms with Crippen molar-refractivity contribution in [2.75, 3.05) is 24.5 Å². The highest BCUT2D eigenvalue weighted by atomic mass is 19.3. The smallest absolute Gasteiger partial charge is 0.255 e. The van der Waals surface area contributed by atoms with Crippen LogP contribution >= 0.6 is 0 Å². The number of hydrogen-bond donors (Lipinski definition) is 1. The van der Waals surface area contributed by atoms with Gasteiger partial charge in [0.2, 0.25) is 5.91 Å². The number of pyridine rings is 1. The minimum absolute atomic E-state index is 0.326. The monoisotopic (exact) mass is 316 g/mol. The van der Waals surface area contributed by atoms with E-state index in [4.69, 9.17) is 0 Å². The molecule has 5 nitrogen and oxygen atoms in total. The van der Waals surface area contributed by atoms with Crippen LogP contribution in [0.15, 0.2) is 30.3 Å². The summed E-state index contributed by atoms with van der Waals surface area (Å²) in [6, 6.07) is 11.2. The number of fused-ring (bicyclic) bond motifs is 1. The van der Waals surface area contributed by atoms with E-state index in [0.29, 0.717) is 30.0 Å². The van der Waals surface area contributed by atoms with Crippen LogP contribution < -0.4 is 10.2 Å². The van der Waals surface area contributed by atoms with Gasteiger partial charge in [-0.15, -0.1) is 0 Å². The maximum atomic E-state index is 12.1. The molecule has 2 aromatic rings. The van der Waals surface area contributed by atoms with E-state index in [2.05, 4.69) is 16.4 Å². The SMILES string of the molecule is N#Cc1cc(N2CC(C(=O)NCC(F)F)C2)nc2ccccc12. The summed E-state index contributed by atoms with van der Waals surface area (Å²) < 4.78 is 24.2. The highest BCUT2D eigenvalue weighted by Gasteiger charge is 2.34. The minimum Gasteiger partial charge on any atom is -0.355 e. The highest BCUT2D eigenvalue weighted by molar-refractivity contribution is 5.87. The topological polar surface area (TPSA) is 69.0 Å². The molecule has 7 heteroatoms. The van der Waals surface area contributed by atoms with E-state index in [9.17, 15) is 18.8 Å². The molecule has 1 aromatic carbocycles. The van der Waals surface area contributed by atoms with E-state index in [0.717, 1.165) is 5.39 Å². The van der Waals surface area contributed by atoms with E-state index in [1.165, 1.54) is 0 Å². The molecule has 0 aliphatic carbocycles. The van der Waals surface area contributed by atoms with Gasteiger partial charge in [0.25, 0.3) is 6.43 Å². The Hall–Kier alpha value is -2.75. The molecule has 1 saturated heterocycles. The Labute approximate surface area is 131 Å². The summed E-state index contributed by atoms with van der Waals surface area (Å²) in [6.45, 7) is 0.193. The lowest BCUT2D eigenvalue weighted by Gasteiger charge is -2.39. The molecule has 2 heterocycles. The first-order valence-corrected chi connectivity index (χ1v) is 7.19. The van der Waals surface area contributed by atoms with Gasteiger partial charge in [0.15, 0.2) is 0 Å². The number of carbonyl (C=O) groups is 1. The lowest BCUT2D eigenvalue weighted by Crippen LogP contribution is -2.54. The standard InChI is InChI=1S/C16H14F2N4O/c17-14(18)7-20-16(23)11-8-22(9-11)15-5-10(6-19)12-3-1-2-4-13(12)21-15/h1-5,11,14H,7-9H2,(H,20,23). The molecule has 1 amide bonds. The van der Waals surface area contributed by atoms with Crippen LogP contribution in [0.25, 0.3) is 10.9 Å². The fourth-order valence-electron chi connectivity index (χ4n) is 2.57. The Morgan fingerprint density at radius 1 is 1.43 bits per heavy atom. The van der Waals surface area contributed by atoms with Crippen molar-refractivity contribution >= 4 is 22.6 Å². The molecule has 0 unspecified atom stereocenters. The van der Waals surface area contributed by atoms with Crippen LogP contribution in [-0.2, 0) is 4.79 Å². The van der Waals surface area contributed by atoms with Crippen molar-refractivity contribution in [3.05, 3.63) is 35.9 Å². The first-order valence-electron chi connectivity index (χ1n) is 7.19. The Morgan fingerprint density at radius 3 is 2.87 bits per heavy atom. The number of nitrogens with zero attached hydrogens (tertiary/aromatic N) is 3. The minimum atomic E-state index is -2.55. The zero-order valence-corrected chi connectivity index (χ0v) is 12.2. The first-order chi connectivity index (χ1) is 11.1. The van der Waals surface area contributed by atoms with Crippen molar-refractivity contribution in [1.29, 1.82) is 5.26 Å².